The maximum absolute atomic E-state index is 13.2. The standard InChI is InChI=1S/C6H4FIN4O/c1-2-9-6(13)4-3(7)5(8)11-12(4)10-2/h1H3,(H,9,10,13). The first kappa shape index (κ1) is 8.60. The van der Waals surface area contributed by atoms with Gasteiger partial charge in [0.2, 0.25) is 0 Å². The third-order valence-corrected chi connectivity index (χ3v) is 2.22. The third-order valence-electron chi connectivity index (χ3n) is 1.53. The quantitative estimate of drug-likeness (QED) is 0.718. The molecule has 0 radical (unpaired) electrons. The minimum atomic E-state index is -0.630. The van der Waals surface area contributed by atoms with Crippen LogP contribution in [0.15, 0.2) is 4.79 Å². The lowest BCUT2D eigenvalue weighted by Gasteiger charge is -1.92. The van der Waals surface area contributed by atoms with Crippen LogP contribution in [0.5, 0.6) is 0 Å². The second kappa shape index (κ2) is 2.76. The van der Waals surface area contributed by atoms with Crippen molar-refractivity contribution in [3.63, 3.8) is 0 Å². The van der Waals surface area contributed by atoms with Crippen molar-refractivity contribution in [2.75, 3.05) is 0 Å². The van der Waals surface area contributed by atoms with Crippen LogP contribution in [-0.4, -0.2) is 19.8 Å². The summed E-state index contributed by atoms with van der Waals surface area (Å²) in [7, 11) is 0. The van der Waals surface area contributed by atoms with Gasteiger partial charge in [0.25, 0.3) is 5.56 Å². The average molecular weight is 294 g/mol. The summed E-state index contributed by atoms with van der Waals surface area (Å²) in [5.74, 6) is -0.231. The predicted molar refractivity (Wildman–Crippen MR) is 51.0 cm³/mol. The molecular formula is C6H4FIN4O. The molecule has 0 fully saturated rings. The van der Waals surface area contributed by atoms with Crippen LogP contribution in [0.3, 0.4) is 0 Å². The van der Waals surface area contributed by atoms with Gasteiger partial charge in [-0.3, -0.25) is 4.79 Å². The maximum Gasteiger partial charge on any atom is 0.280 e. The summed E-state index contributed by atoms with van der Waals surface area (Å²) in [5, 5.41) is 7.55. The zero-order chi connectivity index (χ0) is 9.59. The smallest absolute Gasteiger partial charge is 0.280 e. The van der Waals surface area contributed by atoms with Gasteiger partial charge < -0.3 is 4.98 Å². The maximum atomic E-state index is 13.2. The van der Waals surface area contributed by atoms with E-state index in [4.69, 9.17) is 0 Å². The highest BCUT2D eigenvalue weighted by Crippen LogP contribution is 2.10. The van der Waals surface area contributed by atoms with Crippen LogP contribution >= 0.6 is 22.6 Å². The lowest BCUT2D eigenvalue weighted by atomic mass is 10.5. The van der Waals surface area contributed by atoms with Gasteiger partial charge in [0.1, 0.15) is 5.82 Å². The first-order chi connectivity index (χ1) is 6.09. The molecule has 0 unspecified atom stereocenters. The van der Waals surface area contributed by atoms with Crippen LogP contribution in [0, 0.1) is 16.4 Å². The van der Waals surface area contributed by atoms with E-state index in [0.29, 0.717) is 5.82 Å². The van der Waals surface area contributed by atoms with Crippen molar-refractivity contribution >= 4 is 28.1 Å². The van der Waals surface area contributed by atoms with Crippen molar-refractivity contribution in [1.82, 2.24) is 19.8 Å². The number of fused-ring (bicyclic) bond motifs is 1. The van der Waals surface area contributed by atoms with Gasteiger partial charge in [0.15, 0.2) is 15.0 Å². The Morgan fingerprint density at radius 2 is 2.23 bits per heavy atom. The predicted octanol–water partition coefficient (Wildman–Crippen LogP) is 0.470. The molecule has 0 aromatic carbocycles. The van der Waals surface area contributed by atoms with E-state index in [1.165, 1.54) is 0 Å². The van der Waals surface area contributed by atoms with Crippen molar-refractivity contribution in [3.05, 3.63) is 25.7 Å². The highest BCUT2D eigenvalue weighted by molar-refractivity contribution is 14.1. The molecule has 2 aromatic rings. The highest BCUT2D eigenvalue weighted by Gasteiger charge is 2.14. The van der Waals surface area contributed by atoms with E-state index >= 15 is 0 Å². The Balaban J connectivity index is 3.03. The van der Waals surface area contributed by atoms with E-state index in [-0.39, 0.29) is 9.22 Å². The molecule has 0 saturated carbocycles. The summed E-state index contributed by atoms with van der Waals surface area (Å²) in [6.45, 7) is 1.60. The molecule has 2 rings (SSSR count). The Labute approximate surface area is 85.1 Å². The van der Waals surface area contributed by atoms with E-state index in [1.807, 2.05) is 0 Å². The average Bonchev–Trinajstić information content (AvgIpc) is 2.27. The molecule has 0 atom stereocenters. The minimum Gasteiger partial charge on any atom is -0.307 e. The van der Waals surface area contributed by atoms with Crippen molar-refractivity contribution in [2.45, 2.75) is 6.92 Å². The lowest BCUT2D eigenvalue weighted by Crippen LogP contribution is -2.15. The number of hydrogen-bond acceptors (Lipinski definition) is 3. The molecule has 0 saturated heterocycles. The normalized spacial score (nSPS) is 11.0. The fourth-order valence-corrected chi connectivity index (χ4v) is 1.48. The van der Waals surface area contributed by atoms with E-state index in [1.54, 1.807) is 29.5 Å². The number of nitrogens with one attached hydrogen (secondary N) is 1. The molecule has 0 aliphatic rings. The summed E-state index contributed by atoms with van der Waals surface area (Å²) in [4.78, 5) is 13.6. The monoisotopic (exact) mass is 294 g/mol. The van der Waals surface area contributed by atoms with E-state index in [9.17, 15) is 9.18 Å². The van der Waals surface area contributed by atoms with Gasteiger partial charge >= 0.3 is 0 Å². The van der Waals surface area contributed by atoms with Crippen LogP contribution < -0.4 is 5.56 Å². The number of H-pyrrole nitrogens is 1. The zero-order valence-electron chi connectivity index (χ0n) is 6.51. The number of halogens is 2. The summed E-state index contributed by atoms with van der Waals surface area (Å²) < 4.78 is 14.3. The van der Waals surface area contributed by atoms with Gasteiger partial charge in [-0.05, 0) is 29.5 Å². The molecule has 68 valence electrons. The summed E-state index contributed by atoms with van der Waals surface area (Å²) in [6.07, 6.45) is 0. The third kappa shape index (κ3) is 1.23. The second-order valence-corrected chi connectivity index (χ2v) is 3.50. The molecule has 1 N–H and O–H groups in total. The Hall–Kier alpha value is -0.990. The number of rotatable bonds is 0. The van der Waals surface area contributed by atoms with Gasteiger partial charge in [-0.15, -0.1) is 14.8 Å². The van der Waals surface area contributed by atoms with Gasteiger partial charge in [0, 0.05) is 0 Å². The Morgan fingerprint density at radius 3 is 2.92 bits per heavy atom. The fraction of sp³-hybridized carbons (Fsp3) is 0.167. The molecule has 2 aromatic heterocycles. The van der Waals surface area contributed by atoms with E-state index in [2.05, 4.69) is 15.2 Å². The summed E-state index contributed by atoms with van der Waals surface area (Å²) in [6, 6.07) is 0. The van der Waals surface area contributed by atoms with Crippen LogP contribution in [0.1, 0.15) is 5.82 Å². The molecule has 0 aliphatic heterocycles. The van der Waals surface area contributed by atoms with Crippen LogP contribution in [0.2, 0.25) is 0 Å². The topological polar surface area (TPSA) is 63.1 Å². The van der Waals surface area contributed by atoms with E-state index < -0.39 is 11.4 Å². The SMILES string of the molecule is Cc1nn2nc(I)c(F)c2c(=O)[nH]1. The molecule has 0 bridgehead atoms. The van der Waals surface area contributed by atoms with Crippen molar-refractivity contribution in [1.29, 1.82) is 0 Å². The second-order valence-electron chi connectivity index (χ2n) is 2.48. The molecule has 0 amide bonds. The molecule has 2 heterocycles. The number of hydrogen-bond donors (Lipinski definition) is 1. The molecule has 5 nitrogen and oxygen atoms in total. The van der Waals surface area contributed by atoms with Crippen molar-refractivity contribution < 1.29 is 4.39 Å². The number of aryl methyl sites for hydroxylation is 1. The largest absolute Gasteiger partial charge is 0.307 e. The molecular weight excluding hydrogens is 290 g/mol. The first-order valence-corrected chi connectivity index (χ1v) is 4.48. The van der Waals surface area contributed by atoms with Gasteiger partial charge in [-0.2, -0.15) is 0 Å². The number of aromatic nitrogens is 4. The fourth-order valence-electron chi connectivity index (χ4n) is 1.02. The first-order valence-electron chi connectivity index (χ1n) is 3.40. The van der Waals surface area contributed by atoms with Crippen LogP contribution in [-0.2, 0) is 0 Å². The van der Waals surface area contributed by atoms with Gasteiger partial charge in [-0.25, -0.2) is 4.39 Å². The lowest BCUT2D eigenvalue weighted by molar-refractivity contribution is 0.629. The Morgan fingerprint density at radius 1 is 1.54 bits per heavy atom. The molecule has 13 heavy (non-hydrogen) atoms. The minimum absolute atomic E-state index is 0.140. The van der Waals surface area contributed by atoms with E-state index in [0.717, 1.165) is 4.63 Å². The Bertz CT molecular complexity index is 531. The van der Waals surface area contributed by atoms with Crippen molar-refractivity contribution in [2.24, 2.45) is 0 Å². The highest BCUT2D eigenvalue weighted by atomic mass is 127. The Kier molecular flexibility index (Phi) is 1.82. The summed E-state index contributed by atoms with van der Waals surface area (Å²) >= 11 is 1.71. The molecule has 7 heteroatoms. The molecule has 0 spiro atoms. The zero-order valence-corrected chi connectivity index (χ0v) is 8.66. The van der Waals surface area contributed by atoms with Crippen LogP contribution in [0.4, 0.5) is 4.39 Å². The van der Waals surface area contributed by atoms with Crippen LogP contribution in [0.25, 0.3) is 5.52 Å². The van der Waals surface area contributed by atoms with Gasteiger partial charge in [0.05, 0.1) is 0 Å². The number of nitrogens with zero attached hydrogens (tertiary/aromatic N) is 3. The summed E-state index contributed by atoms with van der Waals surface area (Å²) in [5.41, 5.74) is -0.657. The van der Waals surface area contributed by atoms with Gasteiger partial charge in [-0.1, -0.05) is 0 Å². The van der Waals surface area contributed by atoms with Crippen molar-refractivity contribution in [3.8, 4) is 0 Å². The molecule has 0 aliphatic carbocycles. The number of aromatic amines is 1.